The van der Waals surface area contributed by atoms with Crippen LogP contribution in [0.5, 0.6) is 0 Å². The minimum atomic E-state index is -1.23. The molecule has 1 aliphatic heterocycles. The van der Waals surface area contributed by atoms with Crippen LogP contribution in [0.1, 0.15) is 25.7 Å². The average Bonchev–Trinajstić information content (AvgIpc) is 2.73. The van der Waals surface area contributed by atoms with E-state index in [1.165, 1.54) is 0 Å². The molecule has 0 spiro atoms. The summed E-state index contributed by atoms with van der Waals surface area (Å²) in [6, 6.07) is 9.44. The highest BCUT2D eigenvalue weighted by atomic mass is 32.2. The van der Waals surface area contributed by atoms with Gasteiger partial charge in [0, 0.05) is 4.91 Å². The molecule has 1 unspecified atom stereocenters. The van der Waals surface area contributed by atoms with E-state index in [0.29, 0.717) is 0 Å². The van der Waals surface area contributed by atoms with Gasteiger partial charge in [0.05, 0.1) is 5.69 Å². The number of anilines is 1. The van der Waals surface area contributed by atoms with Crippen molar-refractivity contribution in [2.75, 3.05) is 4.31 Å². The van der Waals surface area contributed by atoms with Gasteiger partial charge in [-0.05, 0) is 43.4 Å². The third-order valence-electron chi connectivity index (χ3n) is 3.47. The van der Waals surface area contributed by atoms with Crippen molar-refractivity contribution in [3.05, 3.63) is 40.8 Å². The van der Waals surface area contributed by atoms with E-state index in [4.69, 9.17) is 5.26 Å². The number of hydrogen-bond acceptors (Lipinski definition) is 3. The van der Waals surface area contributed by atoms with Gasteiger partial charge in [0.15, 0.2) is 17.2 Å². The quantitative estimate of drug-likeness (QED) is 0.661. The molecule has 0 saturated heterocycles. The Labute approximate surface area is 108 Å². The van der Waals surface area contributed by atoms with Gasteiger partial charge in [-0.1, -0.05) is 18.2 Å². The first-order valence-corrected chi connectivity index (χ1v) is 7.22. The molecule has 0 amide bonds. The van der Waals surface area contributed by atoms with Crippen molar-refractivity contribution < 1.29 is 14.4 Å². The second-order valence-corrected chi connectivity index (χ2v) is 5.91. The van der Waals surface area contributed by atoms with Crippen molar-refractivity contribution in [1.29, 1.82) is 0 Å². The smallest absolute Gasteiger partial charge is 0.199 e. The van der Waals surface area contributed by atoms with Gasteiger partial charge in [-0.3, -0.25) is 4.31 Å². The Kier molecular flexibility index (Phi) is 3.20. The number of hydrogen-bond donors (Lipinski definition) is 1. The summed E-state index contributed by atoms with van der Waals surface area (Å²) < 4.78 is 14.1. The van der Waals surface area contributed by atoms with Gasteiger partial charge in [-0.2, -0.15) is 0 Å². The highest BCUT2D eigenvalue weighted by molar-refractivity contribution is 7.90. The first-order chi connectivity index (χ1) is 8.83. The van der Waals surface area contributed by atoms with Crippen molar-refractivity contribution in [3.63, 3.8) is 0 Å². The lowest BCUT2D eigenvalue weighted by atomic mass is 9.98. The maximum Gasteiger partial charge on any atom is 0.199 e. The summed E-state index contributed by atoms with van der Waals surface area (Å²) >= 11 is 0. The summed E-state index contributed by atoms with van der Waals surface area (Å²) in [5, 5.41) is 9.14. The molecule has 0 saturated carbocycles. The lowest BCUT2D eigenvalue weighted by Crippen LogP contribution is -2.34. The van der Waals surface area contributed by atoms with E-state index in [-0.39, 0.29) is 0 Å². The van der Waals surface area contributed by atoms with Crippen molar-refractivity contribution in [2.45, 2.75) is 31.9 Å². The Bertz CT molecular complexity index is 500. The Balaban J connectivity index is 2.00. The molecule has 1 aromatic rings. The predicted octanol–water partition coefficient (Wildman–Crippen LogP) is 2.81. The lowest BCUT2D eigenvalue weighted by molar-refractivity contribution is -0.265. The Morgan fingerprint density at radius 1 is 1.22 bits per heavy atom. The molecule has 1 N–H and O–H groups in total. The van der Waals surface area contributed by atoms with Gasteiger partial charge in [-0.15, -0.1) is 0 Å². The fourth-order valence-electron chi connectivity index (χ4n) is 2.62. The van der Waals surface area contributed by atoms with Gasteiger partial charge in [0.2, 0.25) is 0 Å². The standard InChI is InChI=1S/C13H15NO3S/c15-17-13-11-8-4-5-9-12(11)18(16)14(13)10-6-2-1-3-7-10/h1-3,6-7,13,15H,4-5,8-9H2/t13-,18?/m0/s1. The zero-order valence-corrected chi connectivity index (χ0v) is 10.7. The molecule has 0 aromatic heterocycles. The molecule has 1 aliphatic carbocycles. The Hall–Kier alpha value is -1.17. The van der Waals surface area contributed by atoms with Crippen LogP contribution in [0.2, 0.25) is 0 Å². The van der Waals surface area contributed by atoms with E-state index in [1.54, 1.807) is 4.31 Å². The van der Waals surface area contributed by atoms with E-state index in [9.17, 15) is 4.21 Å². The fourth-order valence-corrected chi connectivity index (χ4v) is 4.26. The molecule has 0 fully saturated rings. The number of rotatable bonds is 2. The zero-order valence-electron chi connectivity index (χ0n) is 9.91. The summed E-state index contributed by atoms with van der Waals surface area (Å²) in [6.45, 7) is 0. The van der Waals surface area contributed by atoms with Crippen LogP contribution in [0.15, 0.2) is 40.8 Å². The van der Waals surface area contributed by atoms with Crippen LogP contribution in [-0.4, -0.2) is 15.7 Å². The first kappa shape index (κ1) is 11.9. The fraction of sp³-hybridized carbons (Fsp3) is 0.385. The number of nitrogens with zero attached hydrogens (tertiary/aromatic N) is 1. The largest absolute Gasteiger partial charge is 0.254 e. The molecule has 96 valence electrons. The van der Waals surface area contributed by atoms with Crippen LogP contribution in [-0.2, 0) is 15.9 Å². The van der Waals surface area contributed by atoms with Gasteiger partial charge >= 0.3 is 0 Å². The SMILES string of the molecule is O=S1C2=C(CCCC2)[C@H](OO)N1c1ccccc1. The van der Waals surface area contributed by atoms with Gasteiger partial charge < -0.3 is 0 Å². The number of para-hydroxylation sites is 1. The van der Waals surface area contributed by atoms with Crippen LogP contribution in [0.3, 0.4) is 0 Å². The van der Waals surface area contributed by atoms with Crippen LogP contribution in [0.4, 0.5) is 5.69 Å². The van der Waals surface area contributed by atoms with Gasteiger partial charge in [0.25, 0.3) is 0 Å². The summed E-state index contributed by atoms with van der Waals surface area (Å²) in [4.78, 5) is 5.53. The average molecular weight is 265 g/mol. The molecule has 1 aromatic carbocycles. The Morgan fingerprint density at radius 3 is 2.67 bits per heavy atom. The molecule has 5 heteroatoms. The van der Waals surface area contributed by atoms with E-state index in [2.05, 4.69) is 4.89 Å². The van der Waals surface area contributed by atoms with Gasteiger partial charge in [-0.25, -0.2) is 14.4 Å². The van der Waals surface area contributed by atoms with Gasteiger partial charge in [0.1, 0.15) is 0 Å². The summed E-state index contributed by atoms with van der Waals surface area (Å²) in [5.41, 5.74) is 1.80. The highest BCUT2D eigenvalue weighted by Gasteiger charge is 2.40. The van der Waals surface area contributed by atoms with Crippen molar-refractivity contribution >= 4 is 16.7 Å². The molecule has 0 bridgehead atoms. The number of allylic oxidation sites excluding steroid dienone is 1. The Morgan fingerprint density at radius 2 is 1.94 bits per heavy atom. The van der Waals surface area contributed by atoms with Crippen LogP contribution in [0, 0.1) is 0 Å². The number of benzene rings is 1. The molecule has 3 rings (SSSR count). The van der Waals surface area contributed by atoms with E-state index in [1.807, 2.05) is 30.3 Å². The normalized spacial score (nSPS) is 27.5. The highest BCUT2D eigenvalue weighted by Crippen LogP contribution is 2.41. The van der Waals surface area contributed by atoms with Crippen molar-refractivity contribution in [3.8, 4) is 0 Å². The molecule has 0 radical (unpaired) electrons. The molecule has 2 atom stereocenters. The second kappa shape index (κ2) is 4.84. The third-order valence-corrected chi connectivity index (χ3v) is 5.12. The van der Waals surface area contributed by atoms with E-state index in [0.717, 1.165) is 41.8 Å². The van der Waals surface area contributed by atoms with Crippen molar-refractivity contribution in [2.24, 2.45) is 0 Å². The minimum absolute atomic E-state index is 0.594. The lowest BCUT2D eigenvalue weighted by Gasteiger charge is -2.24. The second-order valence-electron chi connectivity index (χ2n) is 4.52. The van der Waals surface area contributed by atoms with Crippen LogP contribution >= 0.6 is 0 Å². The summed E-state index contributed by atoms with van der Waals surface area (Å²) in [7, 11) is -1.23. The van der Waals surface area contributed by atoms with Crippen LogP contribution in [0.25, 0.3) is 0 Å². The topological polar surface area (TPSA) is 49.8 Å². The van der Waals surface area contributed by atoms with Crippen LogP contribution < -0.4 is 4.31 Å². The summed E-state index contributed by atoms with van der Waals surface area (Å²) in [6.07, 6.45) is 3.23. The third kappa shape index (κ3) is 1.79. The predicted molar refractivity (Wildman–Crippen MR) is 70.1 cm³/mol. The molecule has 1 heterocycles. The molecule has 4 nitrogen and oxygen atoms in total. The molecule has 2 aliphatic rings. The van der Waals surface area contributed by atoms with E-state index < -0.39 is 17.2 Å². The van der Waals surface area contributed by atoms with E-state index >= 15 is 0 Å². The monoisotopic (exact) mass is 265 g/mol. The first-order valence-electron chi connectivity index (χ1n) is 6.11. The molecular weight excluding hydrogens is 250 g/mol. The maximum absolute atomic E-state index is 12.5. The minimum Gasteiger partial charge on any atom is -0.254 e. The molecular formula is C13H15NO3S. The summed E-state index contributed by atoms with van der Waals surface area (Å²) in [5.74, 6) is 0. The van der Waals surface area contributed by atoms with Crippen molar-refractivity contribution in [1.82, 2.24) is 0 Å². The molecule has 18 heavy (non-hydrogen) atoms. The maximum atomic E-state index is 12.5. The zero-order chi connectivity index (χ0) is 12.5.